The second-order valence-electron chi connectivity index (χ2n) is 10.5. The summed E-state index contributed by atoms with van der Waals surface area (Å²) in [5, 5.41) is 60.6. The fourth-order valence-corrected chi connectivity index (χ4v) is 6.06. The quantitative estimate of drug-likeness (QED) is 0.140. The highest BCUT2D eigenvalue weighted by Crippen LogP contribution is 2.47. The summed E-state index contributed by atoms with van der Waals surface area (Å²) in [6.45, 7) is 1.16. The molecule has 1 aliphatic heterocycles. The van der Waals surface area contributed by atoms with Crippen molar-refractivity contribution in [2.24, 2.45) is 17.8 Å². The second-order valence-corrected chi connectivity index (χ2v) is 10.5. The molecule has 0 bridgehead atoms. The number of amides is 2. The predicted molar refractivity (Wildman–Crippen MR) is 151 cm³/mol. The summed E-state index contributed by atoms with van der Waals surface area (Å²) in [6, 6.07) is 12.7. The molecule has 2 aliphatic rings. The number of carbonyl (C=O) groups is 2. The average Bonchev–Trinajstić information content (AvgIpc) is 3.20. The number of aliphatic hydroxyl groups excluding tert-OH is 3. The summed E-state index contributed by atoms with van der Waals surface area (Å²) in [6.07, 6.45) is 3.61. The monoisotopic (exact) mass is 549 g/mol. The van der Waals surface area contributed by atoms with Gasteiger partial charge in [-0.3, -0.25) is 14.5 Å². The Morgan fingerprint density at radius 1 is 1.07 bits per heavy atom. The first kappa shape index (κ1) is 29.7. The van der Waals surface area contributed by atoms with Crippen LogP contribution in [0.4, 0.5) is 5.69 Å². The third-order valence-electron chi connectivity index (χ3n) is 7.93. The van der Waals surface area contributed by atoms with Crippen molar-refractivity contribution in [3.05, 3.63) is 70.8 Å². The van der Waals surface area contributed by atoms with Crippen molar-refractivity contribution in [3.63, 3.8) is 0 Å². The number of hydrogen-bond acceptors (Lipinski definition) is 8. The van der Waals surface area contributed by atoms with E-state index < -0.39 is 56.0 Å². The summed E-state index contributed by atoms with van der Waals surface area (Å²) in [5.74, 6) is -3.41. The fourth-order valence-electron chi connectivity index (χ4n) is 6.06. The van der Waals surface area contributed by atoms with E-state index in [1.54, 1.807) is 12.1 Å². The van der Waals surface area contributed by atoms with Crippen molar-refractivity contribution >= 4 is 36.2 Å². The number of imide groups is 1. The molecule has 2 amide bonds. The van der Waals surface area contributed by atoms with Gasteiger partial charge in [-0.15, -0.1) is 0 Å². The summed E-state index contributed by atoms with van der Waals surface area (Å²) >= 11 is 0. The van der Waals surface area contributed by atoms with Crippen LogP contribution in [-0.2, 0) is 9.59 Å². The van der Waals surface area contributed by atoms with E-state index in [9.17, 15) is 40.1 Å². The lowest BCUT2D eigenvalue weighted by Gasteiger charge is -2.36. The fraction of sp³-hybridized carbons (Fsp3) is 0.400. The predicted octanol–water partition coefficient (Wildman–Crippen LogP) is 1.50. The van der Waals surface area contributed by atoms with Crippen LogP contribution in [0.3, 0.4) is 0 Å². The Hall–Kier alpha value is -3.28. The first-order valence-electron chi connectivity index (χ1n) is 13.6. The number of phenolic OH excluding ortho intramolecular Hbond substituents is 1. The lowest BCUT2D eigenvalue weighted by molar-refractivity contribution is -0.123. The van der Waals surface area contributed by atoms with Gasteiger partial charge in [-0.2, -0.15) is 0 Å². The summed E-state index contributed by atoms with van der Waals surface area (Å²) < 4.78 is 0. The molecule has 1 heterocycles. The number of fused-ring (bicyclic) bond motifs is 1. The Morgan fingerprint density at radius 3 is 2.42 bits per heavy atom. The lowest BCUT2D eigenvalue weighted by Crippen LogP contribution is -2.39. The van der Waals surface area contributed by atoms with Crippen LogP contribution in [0.2, 0.25) is 0 Å². The topological polar surface area (TPSA) is 159 Å². The highest BCUT2D eigenvalue weighted by atomic mass is 16.4. The molecule has 1 aliphatic carbocycles. The summed E-state index contributed by atoms with van der Waals surface area (Å²) in [7, 11) is -1.77. The molecule has 212 valence electrons. The highest BCUT2D eigenvalue weighted by Gasteiger charge is 2.55. The Labute approximate surface area is 233 Å². The molecule has 1 fully saturated rings. The highest BCUT2D eigenvalue weighted by molar-refractivity contribution is 6.58. The molecule has 40 heavy (non-hydrogen) atoms. The average molecular weight is 549 g/mol. The van der Waals surface area contributed by atoms with Crippen molar-refractivity contribution in [2.45, 2.75) is 45.1 Å². The Morgan fingerprint density at radius 2 is 1.80 bits per heavy atom. The molecule has 4 rings (SSSR count). The largest absolute Gasteiger partial charge is 0.508 e. The van der Waals surface area contributed by atoms with Crippen molar-refractivity contribution in [3.8, 4) is 5.75 Å². The third kappa shape index (κ3) is 6.06. The Kier molecular flexibility index (Phi) is 9.60. The summed E-state index contributed by atoms with van der Waals surface area (Å²) in [4.78, 5) is 28.0. The Balaban J connectivity index is 1.58. The summed E-state index contributed by atoms with van der Waals surface area (Å²) in [5.41, 5.74) is 3.21. The number of allylic oxidation sites excluding steroid dienone is 1. The van der Waals surface area contributed by atoms with Gasteiger partial charge < -0.3 is 30.5 Å². The SMILES string of the molecule is CCC/C(=C\c1ccc(O)cc1)CC[C@@H](O)C1=C(CO)C[C@H]2C(=O)N(c3cccc(B(O)O)c3)C(=O)[C@H]2[C@H]1CO. The lowest BCUT2D eigenvalue weighted by atomic mass is 9.68. The number of aliphatic hydroxyl groups is 3. The van der Waals surface area contributed by atoms with Crippen LogP contribution < -0.4 is 10.4 Å². The number of phenols is 1. The van der Waals surface area contributed by atoms with E-state index >= 15 is 0 Å². The maximum atomic E-state index is 13.6. The zero-order valence-corrected chi connectivity index (χ0v) is 22.5. The van der Waals surface area contributed by atoms with Gasteiger partial charge in [-0.05, 0) is 72.1 Å². The van der Waals surface area contributed by atoms with Crippen molar-refractivity contribution in [2.75, 3.05) is 18.1 Å². The van der Waals surface area contributed by atoms with E-state index in [0.717, 1.165) is 28.9 Å². The number of carbonyl (C=O) groups excluding carboxylic acids is 2. The van der Waals surface area contributed by atoms with E-state index in [0.29, 0.717) is 24.0 Å². The molecule has 10 heteroatoms. The van der Waals surface area contributed by atoms with E-state index in [-0.39, 0.29) is 23.3 Å². The number of nitrogens with zero attached hydrogens (tertiary/aromatic N) is 1. The normalized spacial score (nSPS) is 22.1. The van der Waals surface area contributed by atoms with Crippen LogP contribution in [-0.4, -0.2) is 68.7 Å². The molecule has 0 aromatic heterocycles. The van der Waals surface area contributed by atoms with Crippen LogP contribution in [0, 0.1) is 17.8 Å². The molecule has 0 radical (unpaired) electrons. The van der Waals surface area contributed by atoms with Crippen LogP contribution in [0.15, 0.2) is 65.3 Å². The number of rotatable bonds is 11. The molecule has 2 aromatic rings. The Bertz CT molecular complexity index is 1290. The minimum absolute atomic E-state index is 0.0820. The number of hydrogen-bond donors (Lipinski definition) is 6. The standard InChI is InChI=1S/C30H36BNO8/c1-2-4-18(13-19-7-10-23(35)11-8-19)9-12-26(36)27-20(16-33)14-24-28(25(27)17-34)30(38)32(29(24)37)22-6-3-5-21(15-22)31(39)40/h3,5-8,10-11,13,15,24-26,28,33-36,39-40H,2,4,9,12,14,16-17H2,1H3/b18-13+/t24-,25+,26-,28-/m1/s1. The molecular weight excluding hydrogens is 513 g/mol. The molecular formula is C30H36BNO8. The molecule has 0 saturated carbocycles. The van der Waals surface area contributed by atoms with Crippen LogP contribution in [0.1, 0.15) is 44.6 Å². The molecule has 0 unspecified atom stereocenters. The van der Waals surface area contributed by atoms with Gasteiger partial charge in [0.2, 0.25) is 11.8 Å². The van der Waals surface area contributed by atoms with Crippen LogP contribution in [0.25, 0.3) is 6.08 Å². The maximum absolute atomic E-state index is 13.6. The van der Waals surface area contributed by atoms with Crippen molar-refractivity contribution in [1.82, 2.24) is 0 Å². The number of benzene rings is 2. The van der Waals surface area contributed by atoms with Crippen LogP contribution in [0.5, 0.6) is 5.75 Å². The van der Waals surface area contributed by atoms with Gasteiger partial charge in [0, 0.05) is 5.92 Å². The molecule has 1 saturated heterocycles. The first-order chi connectivity index (χ1) is 19.2. The minimum atomic E-state index is -1.77. The van der Waals surface area contributed by atoms with Gasteiger partial charge in [0.25, 0.3) is 0 Å². The third-order valence-corrected chi connectivity index (χ3v) is 7.93. The van der Waals surface area contributed by atoms with Gasteiger partial charge in [-0.25, -0.2) is 0 Å². The van der Waals surface area contributed by atoms with Gasteiger partial charge >= 0.3 is 7.12 Å². The van der Waals surface area contributed by atoms with Crippen LogP contribution >= 0.6 is 0 Å². The van der Waals surface area contributed by atoms with E-state index in [2.05, 4.69) is 6.92 Å². The number of aromatic hydroxyl groups is 1. The minimum Gasteiger partial charge on any atom is -0.508 e. The zero-order chi connectivity index (χ0) is 29.0. The second kappa shape index (κ2) is 12.9. The molecule has 9 nitrogen and oxygen atoms in total. The first-order valence-corrected chi connectivity index (χ1v) is 13.6. The van der Waals surface area contributed by atoms with Gasteiger partial charge in [-0.1, -0.05) is 49.3 Å². The number of anilines is 1. The van der Waals surface area contributed by atoms with Gasteiger partial charge in [0.15, 0.2) is 0 Å². The molecule has 2 aromatic carbocycles. The van der Waals surface area contributed by atoms with Crippen molar-refractivity contribution in [1.29, 1.82) is 0 Å². The van der Waals surface area contributed by atoms with E-state index in [4.69, 9.17) is 0 Å². The maximum Gasteiger partial charge on any atom is 0.488 e. The van der Waals surface area contributed by atoms with Crippen molar-refractivity contribution < 1.29 is 40.1 Å². The van der Waals surface area contributed by atoms with E-state index in [1.807, 2.05) is 18.2 Å². The van der Waals surface area contributed by atoms with Gasteiger partial charge in [0.05, 0.1) is 36.8 Å². The zero-order valence-electron chi connectivity index (χ0n) is 22.5. The molecule has 4 atom stereocenters. The molecule has 6 N–H and O–H groups in total. The van der Waals surface area contributed by atoms with E-state index in [1.165, 1.54) is 24.3 Å². The smallest absolute Gasteiger partial charge is 0.488 e. The van der Waals surface area contributed by atoms with Gasteiger partial charge in [0.1, 0.15) is 5.75 Å². The molecule has 0 spiro atoms.